The van der Waals surface area contributed by atoms with E-state index in [4.69, 9.17) is 20.1 Å². The van der Waals surface area contributed by atoms with E-state index in [-0.39, 0.29) is 0 Å². The minimum absolute atomic E-state index is 0.594. The van der Waals surface area contributed by atoms with Crippen molar-refractivity contribution in [1.29, 1.82) is 0 Å². The van der Waals surface area contributed by atoms with Crippen LogP contribution in [0.4, 0.5) is 13.2 Å². The van der Waals surface area contributed by atoms with E-state index in [1.54, 1.807) is 5.32 Å². The molecule has 16 heavy (non-hydrogen) atoms. The highest BCUT2D eigenvalue weighted by Gasteiger charge is 2.34. The molecule has 1 aliphatic rings. The molecule has 6 nitrogen and oxygen atoms in total. The number of aliphatic hydroxyl groups is 1. The van der Waals surface area contributed by atoms with Gasteiger partial charge in [-0.1, -0.05) is 0 Å². The molecule has 1 saturated heterocycles. The molecule has 1 fully saturated rings. The molecule has 4 N–H and O–H groups in total. The standard InChI is InChI=1S/C5H9NO3.C2HF3O2/c7-3-1-2-6-4(3)5(8)9;3-2(4,5)1(6)7/h3-4,6-7H,1-2H2,(H,8,9);(H,6,7)/t3-,4+;/m0./s1. The van der Waals surface area contributed by atoms with Crippen molar-refractivity contribution in [1.82, 2.24) is 0 Å². The summed E-state index contributed by atoms with van der Waals surface area (Å²) in [5, 5.41) is 27.8. The third-order valence-corrected chi connectivity index (χ3v) is 1.81. The topological polar surface area (TPSA) is 114 Å². The summed E-state index contributed by atoms with van der Waals surface area (Å²) >= 11 is 0. The van der Waals surface area contributed by atoms with E-state index < -0.39 is 30.3 Å². The molecule has 0 amide bonds. The summed E-state index contributed by atoms with van der Waals surface area (Å²) in [6.45, 7) is 0.720. The predicted molar refractivity (Wildman–Crippen MR) is 39.9 cm³/mol. The number of carbonyl (C=O) groups excluding carboxylic acids is 1. The number of nitrogens with two attached hydrogens (primary N) is 1. The van der Waals surface area contributed by atoms with Gasteiger partial charge < -0.3 is 25.4 Å². The number of alkyl halides is 3. The Balaban J connectivity index is 0.000000293. The lowest BCUT2D eigenvalue weighted by molar-refractivity contribution is -0.662. The van der Waals surface area contributed by atoms with Crippen molar-refractivity contribution in [2.45, 2.75) is 24.7 Å². The van der Waals surface area contributed by atoms with E-state index >= 15 is 0 Å². The lowest BCUT2D eigenvalue weighted by Gasteiger charge is -2.03. The van der Waals surface area contributed by atoms with Gasteiger partial charge in [0.2, 0.25) is 6.04 Å². The van der Waals surface area contributed by atoms with Gasteiger partial charge in [-0.2, -0.15) is 13.2 Å². The number of carbonyl (C=O) groups is 2. The average Bonchev–Trinajstić information content (AvgIpc) is 2.50. The number of halogens is 3. The lowest BCUT2D eigenvalue weighted by atomic mass is 10.2. The van der Waals surface area contributed by atoms with E-state index in [0.29, 0.717) is 6.42 Å². The van der Waals surface area contributed by atoms with Gasteiger partial charge in [-0.3, -0.25) is 0 Å². The van der Waals surface area contributed by atoms with Gasteiger partial charge in [0.15, 0.2) is 0 Å². The largest absolute Gasteiger partial charge is 0.542 e. The van der Waals surface area contributed by atoms with Crippen molar-refractivity contribution < 1.29 is 43.4 Å². The second-order valence-corrected chi connectivity index (χ2v) is 3.03. The molecule has 9 heteroatoms. The first-order valence-electron chi connectivity index (χ1n) is 4.18. The second kappa shape index (κ2) is 5.66. The van der Waals surface area contributed by atoms with Gasteiger partial charge in [-0.15, -0.1) is 0 Å². The molecule has 94 valence electrons. The van der Waals surface area contributed by atoms with Crippen LogP contribution < -0.4 is 10.4 Å². The highest BCUT2D eigenvalue weighted by molar-refractivity contribution is 5.72. The van der Waals surface area contributed by atoms with Gasteiger partial charge in [0.1, 0.15) is 12.1 Å². The van der Waals surface area contributed by atoms with Crippen LogP contribution in [0.5, 0.6) is 0 Å². The van der Waals surface area contributed by atoms with Crippen molar-refractivity contribution >= 4 is 11.9 Å². The highest BCUT2D eigenvalue weighted by atomic mass is 19.4. The Morgan fingerprint density at radius 3 is 1.94 bits per heavy atom. The molecule has 0 spiro atoms. The van der Waals surface area contributed by atoms with Crippen LogP contribution in [0.15, 0.2) is 0 Å². The van der Waals surface area contributed by atoms with Gasteiger partial charge in [-0.25, -0.2) is 4.79 Å². The monoisotopic (exact) mass is 245 g/mol. The van der Waals surface area contributed by atoms with E-state index in [0.717, 1.165) is 6.54 Å². The van der Waals surface area contributed by atoms with Crippen LogP contribution in [0, 0.1) is 0 Å². The van der Waals surface area contributed by atoms with Crippen molar-refractivity contribution in [3.05, 3.63) is 0 Å². The Kier molecular flexibility index (Phi) is 5.18. The fourth-order valence-electron chi connectivity index (χ4n) is 1.05. The zero-order valence-corrected chi connectivity index (χ0v) is 7.90. The number of carboxylic acid groups (broad SMARTS) is 2. The first-order valence-corrected chi connectivity index (χ1v) is 4.18. The van der Waals surface area contributed by atoms with Gasteiger partial charge in [-0.05, 0) is 0 Å². The predicted octanol–water partition coefficient (Wildman–Crippen LogP) is -2.93. The minimum atomic E-state index is -5.19. The van der Waals surface area contributed by atoms with Gasteiger partial charge in [0.25, 0.3) is 0 Å². The Morgan fingerprint density at radius 1 is 1.38 bits per heavy atom. The van der Waals surface area contributed by atoms with Crippen LogP contribution in [0.3, 0.4) is 0 Å². The average molecular weight is 245 g/mol. The van der Waals surface area contributed by atoms with Crippen molar-refractivity contribution in [2.75, 3.05) is 6.54 Å². The summed E-state index contributed by atoms with van der Waals surface area (Å²) in [5.41, 5.74) is 0. The lowest BCUT2D eigenvalue weighted by Crippen LogP contribution is -2.89. The second-order valence-electron chi connectivity index (χ2n) is 3.03. The van der Waals surface area contributed by atoms with E-state index in [2.05, 4.69) is 0 Å². The molecule has 1 aliphatic heterocycles. The minimum Gasteiger partial charge on any atom is -0.542 e. The van der Waals surface area contributed by atoms with E-state index in [1.807, 2.05) is 0 Å². The quantitative estimate of drug-likeness (QED) is 0.457. The Labute approximate surface area is 87.7 Å². The van der Waals surface area contributed by atoms with E-state index in [9.17, 15) is 18.0 Å². The third-order valence-electron chi connectivity index (χ3n) is 1.81. The van der Waals surface area contributed by atoms with Gasteiger partial charge in [0, 0.05) is 6.42 Å². The molecule has 0 aliphatic carbocycles. The normalized spacial score (nSPS) is 24.5. The van der Waals surface area contributed by atoms with Crippen LogP contribution in [0.1, 0.15) is 6.42 Å². The van der Waals surface area contributed by atoms with Crippen LogP contribution in [-0.2, 0) is 9.59 Å². The first kappa shape index (κ1) is 14.6. The molecule has 0 aromatic rings. The fraction of sp³-hybridized carbons (Fsp3) is 0.714. The first-order chi connectivity index (χ1) is 7.16. The van der Waals surface area contributed by atoms with Crippen LogP contribution in [0.2, 0.25) is 0 Å². The summed E-state index contributed by atoms with van der Waals surface area (Å²) in [4.78, 5) is 19.0. The number of carboxylic acids is 2. The van der Waals surface area contributed by atoms with E-state index in [1.165, 1.54) is 0 Å². The molecule has 0 saturated carbocycles. The highest BCUT2D eigenvalue weighted by Crippen LogP contribution is 2.11. The number of rotatable bonds is 1. The number of hydrogen-bond acceptors (Lipinski definition) is 4. The van der Waals surface area contributed by atoms with Crippen molar-refractivity contribution in [3.8, 4) is 0 Å². The summed E-state index contributed by atoms with van der Waals surface area (Å²) in [5.74, 6) is -3.92. The van der Waals surface area contributed by atoms with Crippen molar-refractivity contribution in [2.24, 2.45) is 0 Å². The zero-order chi connectivity index (χ0) is 12.9. The van der Waals surface area contributed by atoms with Crippen LogP contribution in [0.25, 0.3) is 0 Å². The Hall–Kier alpha value is -1.35. The Bertz CT molecular complexity index is 267. The number of hydrogen-bond donors (Lipinski definition) is 3. The maximum absolute atomic E-state index is 10.5. The van der Waals surface area contributed by atoms with Crippen LogP contribution >= 0.6 is 0 Å². The summed E-state index contributed by atoms with van der Waals surface area (Å²) in [6.07, 6.45) is -5.25. The summed E-state index contributed by atoms with van der Waals surface area (Å²) in [6, 6.07) is -0.620. The third kappa shape index (κ3) is 4.94. The molecule has 1 heterocycles. The molecular formula is C7H10F3NO5. The molecule has 2 atom stereocenters. The number of aliphatic hydroxyl groups excluding tert-OH is 1. The number of quaternary nitrogens is 1. The molecular weight excluding hydrogens is 235 g/mol. The molecule has 1 rings (SSSR count). The molecule has 0 radical (unpaired) electrons. The molecule has 0 bridgehead atoms. The zero-order valence-electron chi connectivity index (χ0n) is 7.90. The van der Waals surface area contributed by atoms with Gasteiger partial charge >= 0.3 is 12.1 Å². The number of aliphatic carboxylic acids is 2. The van der Waals surface area contributed by atoms with Gasteiger partial charge in [0.05, 0.1) is 6.54 Å². The SMILES string of the molecule is O=C(O)[C@@H]1[NH2+]CC[C@@H]1O.O=C([O-])C(F)(F)F. The summed E-state index contributed by atoms with van der Waals surface area (Å²) in [7, 11) is 0. The maximum atomic E-state index is 10.5. The molecule has 0 unspecified atom stereocenters. The van der Waals surface area contributed by atoms with Crippen LogP contribution in [-0.4, -0.2) is 47.0 Å². The smallest absolute Gasteiger partial charge is 0.430 e. The maximum Gasteiger partial charge on any atom is 0.430 e. The fourth-order valence-corrected chi connectivity index (χ4v) is 1.05. The molecule has 0 aromatic heterocycles. The molecule has 0 aromatic carbocycles. The Morgan fingerprint density at radius 2 is 1.81 bits per heavy atom. The van der Waals surface area contributed by atoms with Crippen molar-refractivity contribution in [3.63, 3.8) is 0 Å². The summed E-state index contributed by atoms with van der Waals surface area (Å²) < 4.78 is 31.5.